The SMILES string of the molecule is N#Cc1c(S(=O)(=O)Cl)ccc(S)c1CBr. The van der Waals surface area contributed by atoms with Crippen LogP contribution >= 0.6 is 39.2 Å². The molecule has 0 bridgehead atoms. The molecule has 0 fully saturated rings. The van der Waals surface area contributed by atoms with Crippen LogP contribution < -0.4 is 0 Å². The lowest BCUT2D eigenvalue weighted by molar-refractivity contribution is 0.609. The molecule has 0 unspecified atom stereocenters. The van der Waals surface area contributed by atoms with Gasteiger partial charge in [0.15, 0.2) is 0 Å². The Labute approximate surface area is 106 Å². The number of nitrogens with zero attached hydrogens (tertiary/aromatic N) is 1. The van der Waals surface area contributed by atoms with Crippen molar-refractivity contribution in [2.45, 2.75) is 15.1 Å². The predicted octanol–water partition coefficient (Wildman–Crippen LogP) is 2.67. The number of thiol groups is 1. The van der Waals surface area contributed by atoms with E-state index in [2.05, 4.69) is 28.6 Å². The van der Waals surface area contributed by atoms with Crippen LogP contribution in [0.2, 0.25) is 0 Å². The van der Waals surface area contributed by atoms with Gasteiger partial charge in [0, 0.05) is 20.9 Å². The lowest BCUT2D eigenvalue weighted by atomic mass is 10.1. The topological polar surface area (TPSA) is 57.9 Å². The third-order valence-electron chi connectivity index (χ3n) is 1.76. The molecule has 0 aliphatic carbocycles. The monoisotopic (exact) mass is 325 g/mol. The van der Waals surface area contributed by atoms with Gasteiger partial charge in [-0.05, 0) is 17.7 Å². The second-order valence-corrected chi connectivity index (χ2v) is 6.20. The molecule has 1 aromatic rings. The Balaban J connectivity index is 3.66. The molecular formula is C8H5BrClNO2S2. The Hall–Kier alpha value is -0.220. The lowest BCUT2D eigenvalue weighted by Crippen LogP contribution is -1.99. The molecule has 1 aromatic carbocycles. The molecule has 15 heavy (non-hydrogen) atoms. The van der Waals surface area contributed by atoms with Crippen molar-refractivity contribution in [1.82, 2.24) is 0 Å². The molecule has 0 aliphatic rings. The number of hydrogen-bond donors (Lipinski definition) is 1. The number of halogens is 2. The first-order valence-corrected chi connectivity index (χ1v) is 7.55. The fourth-order valence-electron chi connectivity index (χ4n) is 1.08. The van der Waals surface area contributed by atoms with Crippen LogP contribution in [0, 0.1) is 11.3 Å². The van der Waals surface area contributed by atoms with Crippen molar-refractivity contribution >= 4 is 48.3 Å². The van der Waals surface area contributed by atoms with E-state index >= 15 is 0 Å². The van der Waals surface area contributed by atoms with Gasteiger partial charge in [-0.15, -0.1) is 12.6 Å². The van der Waals surface area contributed by atoms with E-state index in [0.29, 0.717) is 15.8 Å². The standard InChI is InChI=1S/C8H5BrClNO2S2/c9-3-5-6(4-11)8(15(10,12)13)2-1-7(5)14/h1-2,14H,3H2. The van der Waals surface area contributed by atoms with Gasteiger partial charge >= 0.3 is 0 Å². The maximum atomic E-state index is 11.2. The van der Waals surface area contributed by atoms with E-state index < -0.39 is 9.05 Å². The second-order valence-electron chi connectivity index (χ2n) is 2.62. The fraction of sp³-hybridized carbons (Fsp3) is 0.125. The molecular weight excluding hydrogens is 322 g/mol. The van der Waals surface area contributed by atoms with Crippen LogP contribution in [-0.2, 0) is 14.4 Å². The summed E-state index contributed by atoms with van der Waals surface area (Å²) in [4.78, 5) is 0.367. The molecule has 3 nitrogen and oxygen atoms in total. The Morgan fingerprint density at radius 3 is 2.53 bits per heavy atom. The number of hydrogen-bond acceptors (Lipinski definition) is 4. The van der Waals surface area contributed by atoms with Gasteiger partial charge in [0.25, 0.3) is 9.05 Å². The van der Waals surface area contributed by atoms with Crippen molar-refractivity contribution in [3.05, 3.63) is 23.3 Å². The van der Waals surface area contributed by atoms with Gasteiger partial charge in [-0.2, -0.15) is 5.26 Å². The molecule has 0 saturated heterocycles. The summed E-state index contributed by atoms with van der Waals surface area (Å²) in [5.74, 6) is 0. The maximum Gasteiger partial charge on any atom is 0.262 e. The summed E-state index contributed by atoms with van der Waals surface area (Å²) in [5, 5.41) is 9.23. The van der Waals surface area contributed by atoms with Crippen LogP contribution in [0.1, 0.15) is 11.1 Å². The molecule has 0 aliphatic heterocycles. The average Bonchev–Trinajstić information content (AvgIpc) is 2.15. The number of rotatable bonds is 2. The first-order chi connectivity index (χ1) is 6.91. The molecule has 7 heteroatoms. The molecule has 80 valence electrons. The molecule has 1 rings (SSSR count). The highest BCUT2D eigenvalue weighted by atomic mass is 79.9. The van der Waals surface area contributed by atoms with Crippen LogP contribution in [0.25, 0.3) is 0 Å². The van der Waals surface area contributed by atoms with E-state index in [4.69, 9.17) is 15.9 Å². The molecule has 0 spiro atoms. The summed E-state index contributed by atoms with van der Waals surface area (Å²) in [7, 11) is 1.30. The van der Waals surface area contributed by atoms with Gasteiger partial charge in [0.2, 0.25) is 0 Å². The summed E-state index contributed by atoms with van der Waals surface area (Å²) in [5.41, 5.74) is 0.553. The van der Waals surface area contributed by atoms with Gasteiger partial charge in [-0.25, -0.2) is 8.42 Å². The summed E-state index contributed by atoms with van der Waals surface area (Å²) in [6.07, 6.45) is 0. The third kappa shape index (κ3) is 2.67. The van der Waals surface area contributed by atoms with Crippen molar-refractivity contribution in [3.63, 3.8) is 0 Å². The predicted molar refractivity (Wildman–Crippen MR) is 64.1 cm³/mol. The highest BCUT2D eigenvalue weighted by Gasteiger charge is 2.19. The van der Waals surface area contributed by atoms with Gasteiger partial charge in [-0.1, -0.05) is 15.9 Å². The minimum atomic E-state index is -3.90. The molecule has 0 atom stereocenters. The van der Waals surface area contributed by atoms with Crippen LogP contribution in [0.15, 0.2) is 21.9 Å². The van der Waals surface area contributed by atoms with Crippen molar-refractivity contribution in [2.75, 3.05) is 0 Å². The fourth-order valence-corrected chi connectivity index (χ4v) is 3.17. The average molecular weight is 327 g/mol. The smallest absolute Gasteiger partial charge is 0.207 e. The quantitative estimate of drug-likeness (QED) is 0.516. The van der Waals surface area contributed by atoms with Crippen LogP contribution in [0.3, 0.4) is 0 Å². The highest BCUT2D eigenvalue weighted by molar-refractivity contribution is 9.08. The van der Waals surface area contributed by atoms with Gasteiger partial charge in [0.05, 0.1) is 5.56 Å². The van der Waals surface area contributed by atoms with Crippen LogP contribution in [0.4, 0.5) is 0 Å². The maximum absolute atomic E-state index is 11.2. The van der Waals surface area contributed by atoms with E-state index in [-0.39, 0.29) is 10.5 Å². The minimum absolute atomic E-state index is 0.0365. The summed E-state index contributed by atoms with van der Waals surface area (Å²) in [6.45, 7) is 0. The van der Waals surface area contributed by atoms with Crippen molar-refractivity contribution in [1.29, 1.82) is 5.26 Å². The van der Waals surface area contributed by atoms with Crippen molar-refractivity contribution in [3.8, 4) is 6.07 Å². The van der Waals surface area contributed by atoms with Crippen LogP contribution in [-0.4, -0.2) is 8.42 Å². The second kappa shape index (κ2) is 4.74. The number of alkyl halides is 1. The normalized spacial score (nSPS) is 11.1. The van der Waals surface area contributed by atoms with E-state index in [0.717, 1.165) is 0 Å². The molecule has 0 aromatic heterocycles. The minimum Gasteiger partial charge on any atom is -0.207 e. The zero-order valence-electron chi connectivity index (χ0n) is 7.24. The van der Waals surface area contributed by atoms with E-state index in [9.17, 15) is 8.42 Å². The zero-order chi connectivity index (χ0) is 11.6. The molecule has 0 saturated carbocycles. The summed E-state index contributed by atoms with van der Waals surface area (Å²) in [6, 6.07) is 4.59. The van der Waals surface area contributed by atoms with Crippen molar-refractivity contribution < 1.29 is 8.42 Å². The lowest BCUT2D eigenvalue weighted by Gasteiger charge is -2.07. The van der Waals surface area contributed by atoms with Gasteiger partial charge in [-0.3, -0.25) is 0 Å². The van der Waals surface area contributed by atoms with E-state index in [1.54, 1.807) is 0 Å². The molecule has 0 amide bonds. The third-order valence-corrected chi connectivity index (χ3v) is 4.10. The summed E-state index contributed by atoms with van der Waals surface area (Å²) < 4.78 is 22.3. The van der Waals surface area contributed by atoms with E-state index in [1.165, 1.54) is 12.1 Å². The molecule has 0 radical (unpaired) electrons. The first kappa shape index (κ1) is 12.8. The largest absolute Gasteiger partial charge is 0.262 e. The molecule has 0 heterocycles. The molecule has 0 N–H and O–H groups in total. The Bertz CT molecular complexity index is 536. The Kier molecular flexibility index (Phi) is 4.06. The van der Waals surface area contributed by atoms with Gasteiger partial charge in [0.1, 0.15) is 11.0 Å². The zero-order valence-corrected chi connectivity index (χ0v) is 11.3. The number of nitriles is 1. The number of benzene rings is 1. The van der Waals surface area contributed by atoms with Crippen molar-refractivity contribution in [2.24, 2.45) is 0 Å². The first-order valence-electron chi connectivity index (χ1n) is 3.67. The Morgan fingerprint density at radius 2 is 2.13 bits per heavy atom. The summed E-state index contributed by atoms with van der Waals surface area (Å²) >= 11 is 7.29. The highest BCUT2D eigenvalue weighted by Crippen LogP contribution is 2.28. The van der Waals surface area contributed by atoms with Crippen LogP contribution in [0.5, 0.6) is 0 Å². The van der Waals surface area contributed by atoms with E-state index in [1.807, 2.05) is 6.07 Å². The Morgan fingerprint density at radius 1 is 1.53 bits per heavy atom. The van der Waals surface area contributed by atoms with Gasteiger partial charge < -0.3 is 0 Å².